The average molecular weight is 363 g/mol. The molecule has 0 spiro atoms. The van der Waals surface area contributed by atoms with Crippen LogP contribution in [0.2, 0.25) is 0 Å². The molecular weight excluding hydrogens is 342 g/mol. The minimum Gasteiger partial charge on any atom is -0.353 e. The molecule has 0 saturated heterocycles. The van der Waals surface area contributed by atoms with E-state index in [4.69, 9.17) is 0 Å². The molecule has 0 saturated carbocycles. The van der Waals surface area contributed by atoms with Crippen molar-refractivity contribution >= 4 is 23.4 Å². The Labute approximate surface area is 157 Å². The van der Waals surface area contributed by atoms with Crippen LogP contribution in [0, 0.1) is 0 Å². The molecule has 1 aliphatic carbocycles. The summed E-state index contributed by atoms with van der Waals surface area (Å²) in [5.41, 5.74) is 3.48. The molecule has 1 heterocycles. The Balaban J connectivity index is 1.32. The van der Waals surface area contributed by atoms with Crippen LogP contribution in [0.15, 0.2) is 48.5 Å². The summed E-state index contributed by atoms with van der Waals surface area (Å²) in [5, 5.41) is 8.52. The van der Waals surface area contributed by atoms with Gasteiger partial charge in [0.2, 0.25) is 11.8 Å². The fourth-order valence-corrected chi connectivity index (χ4v) is 3.75. The van der Waals surface area contributed by atoms with Gasteiger partial charge < -0.3 is 16.0 Å². The van der Waals surface area contributed by atoms with Gasteiger partial charge in [-0.15, -0.1) is 0 Å². The highest BCUT2D eigenvalue weighted by atomic mass is 16.2. The number of nitrogens with one attached hydrogen (secondary N) is 3. The third-order valence-electron chi connectivity index (χ3n) is 5.13. The van der Waals surface area contributed by atoms with E-state index in [0.717, 1.165) is 12.8 Å². The molecule has 0 aromatic heterocycles. The lowest BCUT2D eigenvalue weighted by Gasteiger charge is -2.16. The van der Waals surface area contributed by atoms with E-state index in [-0.39, 0.29) is 36.6 Å². The minimum atomic E-state index is -0.726. The van der Waals surface area contributed by atoms with Crippen LogP contribution in [0.25, 0.3) is 0 Å². The Morgan fingerprint density at radius 2 is 1.67 bits per heavy atom. The maximum atomic E-state index is 12.4. The second-order valence-electron chi connectivity index (χ2n) is 7.04. The highest BCUT2D eigenvalue weighted by Crippen LogP contribution is 2.22. The Bertz CT molecular complexity index is 884. The monoisotopic (exact) mass is 363 g/mol. The molecule has 0 unspecified atom stereocenters. The van der Waals surface area contributed by atoms with Gasteiger partial charge in [-0.3, -0.25) is 14.4 Å². The molecule has 2 aromatic carbocycles. The maximum absolute atomic E-state index is 12.4. The molecule has 4 rings (SSSR count). The second kappa shape index (κ2) is 7.23. The lowest BCUT2D eigenvalue weighted by atomic mass is 10.1. The van der Waals surface area contributed by atoms with E-state index in [0.29, 0.717) is 11.3 Å². The fraction of sp³-hybridized carbons (Fsp3) is 0.286. The highest BCUT2D eigenvalue weighted by Gasteiger charge is 2.28. The van der Waals surface area contributed by atoms with E-state index in [1.165, 1.54) is 11.1 Å². The van der Waals surface area contributed by atoms with Crippen molar-refractivity contribution in [1.29, 1.82) is 0 Å². The van der Waals surface area contributed by atoms with Crippen LogP contribution >= 0.6 is 0 Å². The molecule has 6 nitrogen and oxygen atoms in total. The standard InChI is InChI=1S/C21H21N3O3/c25-19(22-15-11-13-5-1-2-6-14(13)12-15)10-9-18-21(27)23-17-8-4-3-7-16(17)20(26)24-18/h1-8,15,18H,9-12H2,(H,22,25)(H,23,27)(H,24,26)/t18-/m0/s1. The van der Waals surface area contributed by atoms with Gasteiger partial charge in [0.15, 0.2) is 0 Å². The summed E-state index contributed by atoms with van der Waals surface area (Å²) in [7, 11) is 0. The van der Waals surface area contributed by atoms with E-state index in [1.54, 1.807) is 24.3 Å². The molecule has 0 radical (unpaired) electrons. The Morgan fingerprint density at radius 1 is 1.00 bits per heavy atom. The lowest BCUT2D eigenvalue weighted by molar-refractivity contribution is -0.122. The summed E-state index contributed by atoms with van der Waals surface area (Å²) in [6.07, 6.45) is 2.11. The molecule has 1 atom stereocenters. The average Bonchev–Trinajstić information content (AvgIpc) is 3.02. The normalized spacial score (nSPS) is 18.7. The Hall–Kier alpha value is -3.15. The lowest BCUT2D eigenvalue weighted by Crippen LogP contribution is -2.42. The number of benzene rings is 2. The second-order valence-corrected chi connectivity index (χ2v) is 7.04. The van der Waals surface area contributed by atoms with Crippen LogP contribution in [0.5, 0.6) is 0 Å². The van der Waals surface area contributed by atoms with Crippen molar-refractivity contribution in [2.24, 2.45) is 0 Å². The molecule has 2 aliphatic rings. The van der Waals surface area contributed by atoms with Crippen molar-refractivity contribution in [2.75, 3.05) is 5.32 Å². The van der Waals surface area contributed by atoms with Gasteiger partial charge in [-0.1, -0.05) is 36.4 Å². The number of para-hydroxylation sites is 1. The number of amides is 3. The summed E-state index contributed by atoms with van der Waals surface area (Å²) in [6, 6.07) is 14.4. The molecule has 2 aromatic rings. The number of fused-ring (bicyclic) bond motifs is 2. The molecule has 0 fully saturated rings. The van der Waals surface area contributed by atoms with Crippen LogP contribution < -0.4 is 16.0 Å². The number of anilines is 1. The molecule has 27 heavy (non-hydrogen) atoms. The molecule has 138 valence electrons. The van der Waals surface area contributed by atoms with E-state index in [1.807, 2.05) is 12.1 Å². The largest absolute Gasteiger partial charge is 0.353 e. The maximum Gasteiger partial charge on any atom is 0.254 e. The van der Waals surface area contributed by atoms with Gasteiger partial charge >= 0.3 is 0 Å². The minimum absolute atomic E-state index is 0.0942. The molecular formula is C21H21N3O3. The number of hydrogen-bond acceptors (Lipinski definition) is 3. The first-order valence-electron chi connectivity index (χ1n) is 9.17. The van der Waals surface area contributed by atoms with Crippen molar-refractivity contribution < 1.29 is 14.4 Å². The third-order valence-corrected chi connectivity index (χ3v) is 5.13. The SMILES string of the molecule is O=C(CC[C@@H]1NC(=O)c2ccccc2NC1=O)NC1Cc2ccccc2C1. The van der Waals surface area contributed by atoms with Crippen LogP contribution in [0.4, 0.5) is 5.69 Å². The summed E-state index contributed by atoms with van der Waals surface area (Å²) in [5.74, 6) is -0.702. The zero-order valence-corrected chi connectivity index (χ0v) is 14.8. The van der Waals surface area contributed by atoms with Crippen LogP contribution in [-0.4, -0.2) is 29.8 Å². The smallest absolute Gasteiger partial charge is 0.254 e. The first-order chi connectivity index (χ1) is 13.1. The van der Waals surface area contributed by atoms with Crippen LogP contribution in [-0.2, 0) is 22.4 Å². The van der Waals surface area contributed by atoms with Gasteiger partial charge in [0, 0.05) is 12.5 Å². The predicted molar refractivity (Wildman–Crippen MR) is 101 cm³/mol. The molecule has 0 bridgehead atoms. The van der Waals surface area contributed by atoms with Gasteiger partial charge in [-0.2, -0.15) is 0 Å². The van der Waals surface area contributed by atoms with Gasteiger partial charge in [-0.25, -0.2) is 0 Å². The zero-order valence-electron chi connectivity index (χ0n) is 14.8. The molecule has 1 aliphatic heterocycles. The quantitative estimate of drug-likeness (QED) is 0.774. The van der Waals surface area contributed by atoms with Crippen molar-refractivity contribution in [3.8, 4) is 0 Å². The zero-order chi connectivity index (χ0) is 18.8. The van der Waals surface area contributed by atoms with Gasteiger partial charge in [0.1, 0.15) is 6.04 Å². The van der Waals surface area contributed by atoms with E-state index in [9.17, 15) is 14.4 Å². The number of hydrogen-bond donors (Lipinski definition) is 3. The third kappa shape index (κ3) is 3.69. The van der Waals surface area contributed by atoms with Gasteiger partial charge in [0.25, 0.3) is 5.91 Å². The molecule has 3 N–H and O–H groups in total. The Morgan fingerprint density at radius 3 is 2.41 bits per heavy atom. The van der Waals surface area contributed by atoms with Gasteiger partial charge in [-0.05, 0) is 42.5 Å². The van der Waals surface area contributed by atoms with E-state index < -0.39 is 6.04 Å². The van der Waals surface area contributed by atoms with Crippen molar-refractivity contribution in [3.05, 3.63) is 65.2 Å². The topological polar surface area (TPSA) is 87.3 Å². The van der Waals surface area contributed by atoms with Crippen molar-refractivity contribution in [2.45, 2.75) is 37.8 Å². The molecule has 6 heteroatoms. The number of carbonyl (C=O) groups is 3. The summed E-state index contributed by atoms with van der Waals surface area (Å²) in [6.45, 7) is 0. The van der Waals surface area contributed by atoms with Crippen molar-refractivity contribution in [1.82, 2.24) is 10.6 Å². The molecule has 3 amide bonds. The summed E-state index contributed by atoms with van der Waals surface area (Å²) >= 11 is 0. The van der Waals surface area contributed by atoms with Crippen LogP contribution in [0.3, 0.4) is 0 Å². The first kappa shape index (κ1) is 17.3. The van der Waals surface area contributed by atoms with Crippen molar-refractivity contribution in [3.63, 3.8) is 0 Å². The van der Waals surface area contributed by atoms with Gasteiger partial charge in [0.05, 0.1) is 11.3 Å². The summed E-state index contributed by atoms with van der Waals surface area (Å²) < 4.78 is 0. The Kier molecular flexibility index (Phi) is 4.62. The summed E-state index contributed by atoms with van der Waals surface area (Å²) in [4.78, 5) is 37.0. The highest BCUT2D eigenvalue weighted by molar-refractivity contribution is 6.09. The van der Waals surface area contributed by atoms with Crippen LogP contribution in [0.1, 0.15) is 34.3 Å². The van der Waals surface area contributed by atoms with E-state index >= 15 is 0 Å². The van der Waals surface area contributed by atoms with E-state index in [2.05, 4.69) is 28.1 Å². The fourth-order valence-electron chi connectivity index (χ4n) is 3.75. The first-order valence-corrected chi connectivity index (χ1v) is 9.17. The number of carbonyl (C=O) groups excluding carboxylic acids is 3. The number of rotatable bonds is 4. The predicted octanol–water partition coefficient (Wildman–Crippen LogP) is 1.80.